The van der Waals surface area contributed by atoms with Gasteiger partial charge in [0.15, 0.2) is 0 Å². The van der Waals surface area contributed by atoms with Gasteiger partial charge in [0.25, 0.3) is 5.91 Å². The monoisotopic (exact) mass is 487 g/mol. The van der Waals surface area contributed by atoms with Crippen LogP contribution in [0.5, 0.6) is 11.5 Å². The molecule has 0 fully saturated rings. The van der Waals surface area contributed by atoms with Gasteiger partial charge in [-0.25, -0.2) is 0 Å². The highest BCUT2D eigenvalue weighted by Gasteiger charge is 2.15. The number of hydrogen-bond acceptors (Lipinski definition) is 7. The molecule has 0 saturated carbocycles. The quantitative estimate of drug-likeness (QED) is 0.247. The largest absolute Gasteiger partial charge is 0.497 e. The average Bonchev–Trinajstić information content (AvgIpc) is 3.47. The Hall–Kier alpha value is -4.16. The van der Waals surface area contributed by atoms with Gasteiger partial charge in [-0.15, -0.1) is 10.2 Å². The fourth-order valence-electron chi connectivity index (χ4n) is 3.62. The zero-order valence-corrected chi connectivity index (χ0v) is 20.3. The van der Waals surface area contributed by atoms with Crippen molar-refractivity contribution in [3.8, 4) is 17.6 Å². The van der Waals surface area contributed by atoms with Gasteiger partial charge in [0, 0.05) is 35.2 Å². The predicted molar refractivity (Wildman–Crippen MR) is 137 cm³/mol. The number of para-hydroxylation sites is 1. The first-order valence-corrected chi connectivity index (χ1v) is 12.0. The van der Waals surface area contributed by atoms with Gasteiger partial charge in [-0.1, -0.05) is 42.5 Å². The summed E-state index contributed by atoms with van der Waals surface area (Å²) in [6.07, 6.45) is 5.27. The first kappa shape index (κ1) is 24.0. The molecular formula is C26H25N5O3S. The van der Waals surface area contributed by atoms with E-state index in [0.29, 0.717) is 18.3 Å². The Kier molecular flexibility index (Phi) is 7.75. The molecule has 0 saturated heterocycles. The van der Waals surface area contributed by atoms with E-state index in [2.05, 4.69) is 27.0 Å². The highest BCUT2D eigenvalue weighted by atomic mass is 32.1. The number of nitriles is 1. The van der Waals surface area contributed by atoms with Crippen LogP contribution in [-0.2, 0) is 17.8 Å². The number of benzene rings is 2. The van der Waals surface area contributed by atoms with Crippen LogP contribution in [0.3, 0.4) is 0 Å². The van der Waals surface area contributed by atoms with Gasteiger partial charge in [-0.3, -0.25) is 10.1 Å². The van der Waals surface area contributed by atoms with Crippen molar-refractivity contribution in [2.45, 2.75) is 26.3 Å². The minimum atomic E-state index is -0.509. The van der Waals surface area contributed by atoms with Crippen LogP contribution in [0.15, 0.2) is 60.3 Å². The van der Waals surface area contributed by atoms with E-state index in [9.17, 15) is 10.1 Å². The molecule has 1 N–H and O–H groups in total. The number of amides is 1. The van der Waals surface area contributed by atoms with Crippen molar-refractivity contribution in [2.75, 3.05) is 19.0 Å². The van der Waals surface area contributed by atoms with Crippen LogP contribution in [0.25, 0.3) is 17.0 Å². The maximum atomic E-state index is 12.7. The summed E-state index contributed by atoms with van der Waals surface area (Å²) in [6.45, 7) is 3.08. The number of ether oxygens (including phenoxy) is 2. The molecule has 0 unspecified atom stereocenters. The summed E-state index contributed by atoms with van der Waals surface area (Å²) in [5.41, 5.74) is 1.75. The highest BCUT2D eigenvalue weighted by molar-refractivity contribution is 7.15. The number of methoxy groups -OCH3 is 1. The molecule has 2 aromatic carbocycles. The number of anilines is 1. The lowest BCUT2D eigenvalue weighted by atomic mass is 10.1. The molecule has 178 valence electrons. The highest BCUT2D eigenvalue weighted by Crippen LogP contribution is 2.25. The third-order valence-corrected chi connectivity index (χ3v) is 6.18. The average molecular weight is 488 g/mol. The van der Waals surface area contributed by atoms with Gasteiger partial charge >= 0.3 is 0 Å². The summed E-state index contributed by atoms with van der Waals surface area (Å²) in [5.74, 6) is 0.951. The number of hydrogen-bond donors (Lipinski definition) is 1. The smallest absolute Gasteiger partial charge is 0.268 e. The van der Waals surface area contributed by atoms with E-state index in [-0.39, 0.29) is 5.57 Å². The fraction of sp³-hybridized carbons (Fsp3) is 0.231. The van der Waals surface area contributed by atoms with E-state index in [1.54, 1.807) is 13.2 Å². The summed E-state index contributed by atoms with van der Waals surface area (Å²) in [5, 5.41) is 22.6. The zero-order chi connectivity index (χ0) is 24.6. The molecule has 35 heavy (non-hydrogen) atoms. The van der Waals surface area contributed by atoms with Crippen LogP contribution in [0.2, 0.25) is 0 Å². The van der Waals surface area contributed by atoms with E-state index < -0.39 is 5.91 Å². The molecule has 0 spiro atoms. The second kappa shape index (κ2) is 11.3. The number of carbonyl (C=O) groups excluding carboxylic acids is 1. The van der Waals surface area contributed by atoms with E-state index in [0.717, 1.165) is 45.8 Å². The lowest BCUT2D eigenvalue weighted by molar-refractivity contribution is -0.112. The molecule has 2 aromatic heterocycles. The molecule has 0 aliphatic carbocycles. The SMILES string of the molecule is CCCc1nnc(NC(=O)/C(C#N)=C\c2cn(CCOc3cccc(OC)c3)c3ccccc23)s1. The number of nitrogens with zero attached hydrogens (tertiary/aromatic N) is 4. The van der Waals surface area contributed by atoms with Crippen molar-refractivity contribution in [2.24, 2.45) is 0 Å². The summed E-state index contributed by atoms with van der Waals surface area (Å²) in [7, 11) is 1.62. The van der Waals surface area contributed by atoms with Crippen LogP contribution in [0.4, 0.5) is 5.13 Å². The molecule has 4 rings (SSSR count). The molecule has 0 bridgehead atoms. The number of nitrogens with one attached hydrogen (secondary N) is 1. The zero-order valence-electron chi connectivity index (χ0n) is 19.5. The third-order valence-electron chi connectivity index (χ3n) is 5.28. The maximum Gasteiger partial charge on any atom is 0.268 e. The summed E-state index contributed by atoms with van der Waals surface area (Å²) >= 11 is 1.32. The van der Waals surface area contributed by atoms with Crippen molar-refractivity contribution >= 4 is 39.4 Å². The number of fused-ring (bicyclic) bond motifs is 1. The standard InChI is InChI=1S/C26H25N5O3S/c1-3-7-24-29-30-26(35-24)28-25(32)18(16-27)14-19-17-31(23-11-5-4-10-22(19)23)12-13-34-21-9-6-8-20(15-21)33-2/h4-6,8-11,14-15,17H,3,7,12-13H2,1-2H3,(H,28,30,32)/b18-14-. The van der Waals surface area contributed by atoms with Crippen LogP contribution in [0, 0.1) is 11.3 Å². The van der Waals surface area contributed by atoms with Crippen LogP contribution >= 0.6 is 11.3 Å². The van der Waals surface area contributed by atoms with Crippen molar-refractivity contribution in [3.05, 3.63) is 70.9 Å². The van der Waals surface area contributed by atoms with E-state index in [4.69, 9.17) is 9.47 Å². The molecule has 0 atom stereocenters. The van der Waals surface area contributed by atoms with Crippen molar-refractivity contribution < 1.29 is 14.3 Å². The Morgan fingerprint density at radius 2 is 2.03 bits per heavy atom. The van der Waals surface area contributed by atoms with Crippen LogP contribution < -0.4 is 14.8 Å². The topological polar surface area (TPSA) is 102 Å². The van der Waals surface area contributed by atoms with Gasteiger partial charge in [0.1, 0.15) is 34.8 Å². The molecule has 0 aliphatic heterocycles. The van der Waals surface area contributed by atoms with E-state index in [1.807, 2.05) is 60.8 Å². The summed E-state index contributed by atoms with van der Waals surface area (Å²) in [6, 6.07) is 17.3. The Labute approximate surface area is 207 Å². The van der Waals surface area contributed by atoms with Gasteiger partial charge < -0.3 is 14.0 Å². The molecule has 0 radical (unpaired) electrons. The first-order valence-electron chi connectivity index (χ1n) is 11.2. The third kappa shape index (κ3) is 5.86. The van der Waals surface area contributed by atoms with Crippen molar-refractivity contribution in [1.29, 1.82) is 5.26 Å². The number of aryl methyl sites for hydroxylation is 1. The Bertz CT molecular complexity index is 1400. The molecule has 2 heterocycles. The second-order valence-corrected chi connectivity index (χ2v) is 8.76. The number of carbonyl (C=O) groups is 1. The molecule has 8 nitrogen and oxygen atoms in total. The molecule has 0 aliphatic rings. The van der Waals surface area contributed by atoms with E-state index >= 15 is 0 Å². The Morgan fingerprint density at radius 3 is 2.83 bits per heavy atom. The van der Waals surface area contributed by atoms with Gasteiger partial charge in [-0.2, -0.15) is 5.26 Å². The lowest BCUT2D eigenvalue weighted by Crippen LogP contribution is -2.13. The fourth-order valence-corrected chi connectivity index (χ4v) is 4.45. The number of aromatic nitrogens is 3. The van der Waals surface area contributed by atoms with Crippen LogP contribution in [-0.4, -0.2) is 34.4 Å². The Balaban J connectivity index is 1.51. The Morgan fingerprint density at radius 1 is 1.20 bits per heavy atom. The summed E-state index contributed by atoms with van der Waals surface area (Å²) in [4.78, 5) is 12.7. The van der Waals surface area contributed by atoms with E-state index in [1.165, 1.54) is 11.3 Å². The second-order valence-electron chi connectivity index (χ2n) is 7.70. The number of rotatable bonds is 10. The molecule has 1 amide bonds. The van der Waals surface area contributed by atoms with Crippen LogP contribution in [0.1, 0.15) is 23.9 Å². The summed E-state index contributed by atoms with van der Waals surface area (Å²) < 4.78 is 13.2. The van der Waals surface area contributed by atoms with Crippen molar-refractivity contribution in [1.82, 2.24) is 14.8 Å². The predicted octanol–water partition coefficient (Wildman–Crippen LogP) is 5.08. The van der Waals surface area contributed by atoms with Gasteiger partial charge in [0.05, 0.1) is 13.7 Å². The van der Waals surface area contributed by atoms with Gasteiger partial charge in [0.2, 0.25) is 5.13 Å². The minimum absolute atomic E-state index is 0.00669. The van der Waals surface area contributed by atoms with Crippen molar-refractivity contribution in [3.63, 3.8) is 0 Å². The molecule has 9 heteroatoms. The lowest BCUT2D eigenvalue weighted by Gasteiger charge is -2.09. The molecular weight excluding hydrogens is 462 g/mol. The van der Waals surface area contributed by atoms with Gasteiger partial charge in [-0.05, 0) is 30.7 Å². The first-order chi connectivity index (χ1) is 17.1. The normalized spacial score (nSPS) is 11.3. The minimum Gasteiger partial charge on any atom is -0.497 e. The molecule has 4 aromatic rings. The maximum absolute atomic E-state index is 12.7.